The molecule has 18 heavy (non-hydrogen) atoms. The van der Waals surface area contributed by atoms with E-state index in [-0.39, 0.29) is 12.4 Å². The molecule has 0 aliphatic carbocycles. The summed E-state index contributed by atoms with van der Waals surface area (Å²) >= 11 is 0. The zero-order valence-electron chi connectivity index (χ0n) is 10.8. The summed E-state index contributed by atoms with van der Waals surface area (Å²) < 4.78 is 41.5. The van der Waals surface area contributed by atoms with Crippen molar-refractivity contribution in [2.45, 2.75) is 6.42 Å². The summed E-state index contributed by atoms with van der Waals surface area (Å²) in [6.07, 6.45) is 0.806. The topological polar surface area (TPSA) is 97.1 Å². The number of ether oxygens (including phenoxy) is 4. The van der Waals surface area contributed by atoms with Crippen LogP contribution in [0.3, 0.4) is 0 Å². The molecule has 7 nitrogen and oxygen atoms in total. The predicted octanol–water partition coefficient (Wildman–Crippen LogP) is -0.639. The van der Waals surface area contributed by atoms with E-state index in [1.807, 2.05) is 0 Å². The summed E-state index contributed by atoms with van der Waals surface area (Å²) in [5.74, 6) is -0.166. The van der Waals surface area contributed by atoms with Crippen molar-refractivity contribution in [2.75, 3.05) is 59.1 Å². The van der Waals surface area contributed by atoms with Crippen molar-refractivity contribution in [2.24, 2.45) is 5.14 Å². The Morgan fingerprint density at radius 3 is 1.83 bits per heavy atom. The van der Waals surface area contributed by atoms with Gasteiger partial charge in [-0.3, -0.25) is 0 Å². The standard InChI is InChI=1S/C10H23NO6S/c1-14-5-6-15-3-2-4-16-7-8-17-9-10-18(11,12)13/h2-10H2,1H3,(H2,11,12,13). The van der Waals surface area contributed by atoms with Crippen molar-refractivity contribution >= 4 is 10.0 Å². The fourth-order valence-corrected chi connectivity index (χ4v) is 1.35. The van der Waals surface area contributed by atoms with Gasteiger partial charge in [0.15, 0.2) is 0 Å². The van der Waals surface area contributed by atoms with Gasteiger partial charge in [-0.2, -0.15) is 0 Å². The highest BCUT2D eigenvalue weighted by molar-refractivity contribution is 7.89. The molecule has 0 heterocycles. The van der Waals surface area contributed by atoms with Crippen molar-refractivity contribution < 1.29 is 27.4 Å². The predicted molar refractivity (Wildman–Crippen MR) is 66.9 cm³/mol. The Bertz CT molecular complexity index is 270. The van der Waals surface area contributed by atoms with E-state index in [0.717, 1.165) is 6.42 Å². The zero-order chi connectivity index (χ0) is 13.7. The van der Waals surface area contributed by atoms with Gasteiger partial charge in [0.05, 0.1) is 38.8 Å². The number of hydrogen-bond donors (Lipinski definition) is 1. The van der Waals surface area contributed by atoms with Crippen LogP contribution in [-0.4, -0.2) is 67.5 Å². The molecule has 0 bridgehead atoms. The maximum Gasteiger partial charge on any atom is 0.211 e. The molecule has 0 unspecified atom stereocenters. The first kappa shape index (κ1) is 17.8. The monoisotopic (exact) mass is 285 g/mol. The van der Waals surface area contributed by atoms with Crippen LogP contribution in [0.1, 0.15) is 6.42 Å². The van der Waals surface area contributed by atoms with Gasteiger partial charge in [0.1, 0.15) is 0 Å². The molecule has 0 aliphatic heterocycles. The van der Waals surface area contributed by atoms with Crippen molar-refractivity contribution in [3.05, 3.63) is 0 Å². The van der Waals surface area contributed by atoms with Crippen LogP contribution in [-0.2, 0) is 29.0 Å². The highest BCUT2D eigenvalue weighted by atomic mass is 32.2. The lowest BCUT2D eigenvalue weighted by molar-refractivity contribution is 0.0308. The van der Waals surface area contributed by atoms with E-state index in [1.54, 1.807) is 7.11 Å². The minimum Gasteiger partial charge on any atom is -0.382 e. The molecule has 0 saturated carbocycles. The first-order valence-corrected chi connectivity index (χ1v) is 7.50. The van der Waals surface area contributed by atoms with E-state index in [4.69, 9.17) is 24.1 Å². The van der Waals surface area contributed by atoms with Crippen LogP contribution in [0.5, 0.6) is 0 Å². The molecule has 0 aliphatic rings. The van der Waals surface area contributed by atoms with Gasteiger partial charge in [0.2, 0.25) is 10.0 Å². The Labute approximate surface area is 109 Å². The maximum absolute atomic E-state index is 10.6. The van der Waals surface area contributed by atoms with Crippen molar-refractivity contribution in [3.8, 4) is 0 Å². The number of hydrogen-bond acceptors (Lipinski definition) is 6. The van der Waals surface area contributed by atoms with Gasteiger partial charge in [-0.15, -0.1) is 0 Å². The second kappa shape index (κ2) is 11.8. The normalized spacial score (nSPS) is 11.9. The summed E-state index contributed by atoms with van der Waals surface area (Å²) in [4.78, 5) is 0. The van der Waals surface area contributed by atoms with Crippen LogP contribution in [0.2, 0.25) is 0 Å². The van der Waals surface area contributed by atoms with Crippen LogP contribution in [0.4, 0.5) is 0 Å². The van der Waals surface area contributed by atoms with Crippen LogP contribution in [0.25, 0.3) is 0 Å². The lowest BCUT2D eigenvalue weighted by Gasteiger charge is -2.06. The first-order chi connectivity index (χ1) is 8.56. The third kappa shape index (κ3) is 15.8. The van der Waals surface area contributed by atoms with E-state index < -0.39 is 10.0 Å². The summed E-state index contributed by atoms with van der Waals surface area (Å²) in [6, 6.07) is 0. The SMILES string of the molecule is COCCOCCCOCCOCCS(N)(=O)=O. The number of primary sulfonamides is 1. The molecule has 0 rings (SSSR count). The van der Waals surface area contributed by atoms with E-state index in [0.29, 0.717) is 39.6 Å². The molecular weight excluding hydrogens is 262 g/mol. The van der Waals surface area contributed by atoms with Crippen LogP contribution < -0.4 is 5.14 Å². The second-order valence-electron chi connectivity index (χ2n) is 3.55. The molecule has 0 aromatic rings. The maximum atomic E-state index is 10.6. The Balaban J connectivity index is 3.03. The first-order valence-electron chi connectivity index (χ1n) is 5.79. The fraction of sp³-hybridized carbons (Fsp3) is 1.00. The van der Waals surface area contributed by atoms with Crippen molar-refractivity contribution in [3.63, 3.8) is 0 Å². The Morgan fingerprint density at radius 2 is 1.33 bits per heavy atom. The number of rotatable bonds is 13. The van der Waals surface area contributed by atoms with Crippen LogP contribution >= 0.6 is 0 Å². The van der Waals surface area contributed by atoms with Gasteiger partial charge in [-0.25, -0.2) is 13.6 Å². The van der Waals surface area contributed by atoms with Crippen LogP contribution in [0.15, 0.2) is 0 Å². The third-order valence-corrected chi connectivity index (χ3v) is 2.63. The average molecular weight is 285 g/mol. The Kier molecular flexibility index (Phi) is 11.7. The smallest absolute Gasteiger partial charge is 0.211 e. The fourth-order valence-electron chi connectivity index (χ4n) is 1.00. The van der Waals surface area contributed by atoms with E-state index in [1.165, 1.54) is 0 Å². The molecule has 0 atom stereocenters. The minimum absolute atomic E-state index is 0.0995. The number of methoxy groups -OCH3 is 1. The van der Waals surface area contributed by atoms with Gasteiger partial charge >= 0.3 is 0 Å². The molecule has 2 N–H and O–H groups in total. The summed E-state index contributed by atoms with van der Waals surface area (Å²) in [5, 5.41) is 4.80. The van der Waals surface area contributed by atoms with Crippen molar-refractivity contribution in [1.29, 1.82) is 0 Å². The zero-order valence-corrected chi connectivity index (χ0v) is 11.6. The molecule has 0 spiro atoms. The number of sulfonamides is 1. The van der Waals surface area contributed by atoms with E-state index in [9.17, 15) is 8.42 Å². The molecule has 0 saturated heterocycles. The van der Waals surface area contributed by atoms with Crippen molar-refractivity contribution in [1.82, 2.24) is 0 Å². The molecule has 110 valence electrons. The van der Waals surface area contributed by atoms with E-state index in [2.05, 4.69) is 0 Å². The summed E-state index contributed by atoms with van der Waals surface area (Å²) in [7, 11) is -1.80. The molecule has 8 heteroatoms. The lowest BCUT2D eigenvalue weighted by atomic mass is 10.5. The molecule has 0 radical (unpaired) electrons. The quantitative estimate of drug-likeness (QED) is 0.452. The van der Waals surface area contributed by atoms with Gasteiger partial charge in [0.25, 0.3) is 0 Å². The van der Waals surface area contributed by atoms with E-state index >= 15 is 0 Å². The highest BCUT2D eigenvalue weighted by Gasteiger charge is 2.01. The largest absolute Gasteiger partial charge is 0.382 e. The van der Waals surface area contributed by atoms with Gasteiger partial charge in [-0.1, -0.05) is 0 Å². The minimum atomic E-state index is -3.43. The van der Waals surface area contributed by atoms with Gasteiger partial charge < -0.3 is 18.9 Å². The van der Waals surface area contributed by atoms with Gasteiger partial charge in [0, 0.05) is 20.3 Å². The van der Waals surface area contributed by atoms with Gasteiger partial charge in [-0.05, 0) is 6.42 Å². The molecule has 0 aromatic carbocycles. The lowest BCUT2D eigenvalue weighted by Crippen LogP contribution is -2.21. The molecule has 0 aromatic heterocycles. The molecule has 0 amide bonds. The third-order valence-electron chi connectivity index (χ3n) is 1.89. The second-order valence-corrected chi connectivity index (χ2v) is 5.28. The summed E-state index contributed by atoms with van der Waals surface area (Å²) in [5.41, 5.74) is 0. The molecular formula is C10H23NO6S. The number of nitrogens with two attached hydrogens (primary N) is 1. The van der Waals surface area contributed by atoms with Crippen LogP contribution in [0, 0.1) is 0 Å². The molecule has 0 fully saturated rings. The highest BCUT2D eigenvalue weighted by Crippen LogP contribution is 1.87. The Hall–Kier alpha value is -0.250. The Morgan fingerprint density at radius 1 is 0.833 bits per heavy atom. The average Bonchev–Trinajstić information content (AvgIpc) is 2.29. The summed E-state index contributed by atoms with van der Waals surface area (Å²) in [6.45, 7) is 3.30.